The normalized spacial score (nSPS) is 10.6. The predicted molar refractivity (Wildman–Crippen MR) is 121 cm³/mol. The molecule has 0 fully saturated rings. The van der Waals surface area contributed by atoms with Crippen molar-refractivity contribution in [2.75, 3.05) is 17.7 Å². The molecule has 8 heteroatoms. The number of nitrogens with zero attached hydrogens (tertiary/aromatic N) is 1. The number of carbonyl (C=O) groups is 3. The molecule has 4 aromatic rings. The third-order valence-corrected chi connectivity index (χ3v) is 4.98. The first-order valence-corrected chi connectivity index (χ1v) is 9.81. The van der Waals surface area contributed by atoms with Crippen LogP contribution in [-0.4, -0.2) is 35.1 Å². The number of rotatable bonds is 5. The smallest absolute Gasteiger partial charge is 0.359 e. The largest absolute Gasteiger partial charge is 0.464 e. The van der Waals surface area contributed by atoms with Crippen molar-refractivity contribution in [3.05, 3.63) is 89.1 Å². The third kappa shape index (κ3) is 4.20. The van der Waals surface area contributed by atoms with E-state index in [1.54, 1.807) is 60.7 Å². The van der Waals surface area contributed by atoms with Gasteiger partial charge in [0, 0.05) is 27.9 Å². The zero-order valence-electron chi connectivity index (χ0n) is 17.4. The Kier molecular flexibility index (Phi) is 5.67. The number of fused-ring (bicyclic) bond motifs is 1. The lowest BCUT2D eigenvalue weighted by Gasteiger charge is -2.11. The van der Waals surface area contributed by atoms with Crippen LogP contribution >= 0.6 is 0 Å². The zero-order valence-corrected chi connectivity index (χ0v) is 17.4. The van der Waals surface area contributed by atoms with E-state index in [2.05, 4.69) is 20.8 Å². The molecule has 1 aromatic heterocycles. The summed E-state index contributed by atoms with van der Waals surface area (Å²) < 4.78 is 4.74. The molecule has 2 amide bonds. The Bertz CT molecular complexity index is 1330. The second-order valence-corrected chi connectivity index (χ2v) is 7.13. The van der Waals surface area contributed by atoms with Gasteiger partial charge >= 0.3 is 5.97 Å². The molecule has 0 saturated carbocycles. The molecule has 0 aliphatic carbocycles. The highest BCUT2D eigenvalue weighted by Gasteiger charge is 2.16. The molecule has 0 aliphatic heterocycles. The Morgan fingerprint density at radius 3 is 2.38 bits per heavy atom. The van der Waals surface area contributed by atoms with Crippen molar-refractivity contribution in [2.24, 2.45) is 0 Å². The van der Waals surface area contributed by atoms with E-state index in [1.807, 2.05) is 13.0 Å². The van der Waals surface area contributed by atoms with Crippen molar-refractivity contribution in [1.29, 1.82) is 0 Å². The molecule has 1 heterocycles. The van der Waals surface area contributed by atoms with Crippen LogP contribution in [0.1, 0.15) is 36.8 Å². The number of methoxy groups -OCH3 is 1. The summed E-state index contributed by atoms with van der Waals surface area (Å²) in [5.74, 6) is -1.19. The quantitative estimate of drug-likeness (QED) is 0.413. The number of aromatic nitrogens is 2. The summed E-state index contributed by atoms with van der Waals surface area (Å²) in [6, 6.07) is 19.0. The van der Waals surface area contributed by atoms with Crippen LogP contribution < -0.4 is 10.6 Å². The van der Waals surface area contributed by atoms with Crippen LogP contribution in [0.5, 0.6) is 0 Å². The molecule has 160 valence electrons. The number of nitrogens with one attached hydrogen (secondary N) is 3. The van der Waals surface area contributed by atoms with Gasteiger partial charge in [0.2, 0.25) is 0 Å². The van der Waals surface area contributed by atoms with Crippen LogP contribution in [0.4, 0.5) is 11.4 Å². The third-order valence-electron chi connectivity index (χ3n) is 4.98. The molecule has 0 atom stereocenters. The highest BCUT2D eigenvalue weighted by atomic mass is 16.5. The second-order valence-electron chi connectivity index (χ2n) is 7.13. The SMILES string of the molecule is COC(=O)c1n[nH]c2ccc(NC(=O)c3ccc(C)c(NC(=O)c4ccccc4)c3)cc12. The number of benzene rings is 3. The first kappa shape index (κ1) is 20.8. The fraction of sp³-hybridized carbons (Fsp3) is 0.0833. The molecule has 32 heavy (non-hydrogen) atoms. The Balaban J connectivity index is 1.55. The van der Waals surface area contributed by atoms with Crippen LogP contribution in [0, 0.1) is 6.92 Å². The summed E-state index contributed by atoms with van der Waals surface area (Å²) in [4.78, 5) is 37.2. The van der Waals surface area contributed by atoms with E-state index in [9.17, 15) is 14.4 Å². The van der Waals surface area contributed by atoms with E-state index in [0.29, 0.717) is 33.4 Å². The molecule has 8 nitrogen and oxygen atoms in total. The minimum absolute atomic E-state index is 0.139. The Hall–Kier alpha value is -4.46. The van der Waals surface area contributed by atoms with Crippen molar-refractivity contribution < 1.29 is 19.1 Å². The van der Waals surface area contributed by atoms with Gasteiger partial charge in [0.1, 0.15) is 0 Å². The molecule has 0 bridgehead atoms. The monoisotopic (exact) mass is 428 g/mol. The maximum Gasteiger partial charge on any atom is 0.359 e. The van der Waals surface area contributed by atoms with E-state index in [-0.39, 0.29) is 17.5 Å². The average molecular weight is 428 g/mol. The van der Waals surface area contributed by atoms with Gasteiger partial charge in [0.25, 0.3) is 11.8 Å². The van der Waals surface area contributed by atoms with E-state index >= 15 is 0 Å². The summed E-state index contributed by atoms with van der Waals surface area (Å²) in [5.41, 5.74) is 3.54. The standard InChI is InChI=1S/C24H20N4O4/c1-14-8-9-16(12-20(14)26-22(29)15-6-4-3-5-7-15)23(30)25-17-10-11-19-18(13-17)21(28-27-19)24(31)32-2/h3-13H,1-2H3,(H,25,30)(H,26,29)(H,27,28). The molecule has 0 unspecified atom stereocenters. The number of aryl methyl sites for hydroxylation is 1. The van der Waals surface area contributed by atoms with Gasteiger partial charge in [-0.3, -0.25) is 14.7 Å². The molecule has 0 radical (unpaired) electrons. The van der Waals surface area contributed by atoms with Gasteiger partial charge in [-0.2, -0.15) is 5.10 Å². The number of carbonyl (C=O) groups excluding carboxylic acids is 3. The lowest BCUT2D eigenvalue weighted by Crippen LogP contribution is -2.15. The average Bonchev–Trinajstić information content (AvgIpc) is 3.23. The summed E-state index contributed by atoms with van der Waals surface area (Å²) in [6.45, 7) is 1.85. The van der Waals surface area contributed by atoms with Crippen molar-refractivity contribution in [2.45, 2.75) is 6.92 Å². The highest BCUT2D eigenvalue weighted by molar-refractivity contribution is 6.09. The molecule has 0 saturated heterocycles. The van der Waals surface area contributed by atoms with Crippen LogP contribution in [0.2, 0.25) is 0 Å². The van der Waals surface area contributed by atoms with Gasteiger partial charge in [-0.05, 0) is 55.0 Å². The highest BCUT2D eigenvalue weighted by Crippen LogP contribution is 2.23. The molecule has 0 aliphatic rings. The summed E-state index contributed by atoms with van der Waals surface area (Å²) in [7, 11) is 1.28. The maximum atomic E-state index is 12.8. The molecule has 4 rings (SSSR count). The number of amides is 2. The molecular weight excluding hydrogens is 408 g/mol. The van der Waals surface area contributed by atoms with Gasteiger partial charge in [0.05, 0.1) is 12.6 Å². The van der Waals surface area contributed by atoms with E-state index in [4.69, 9.17) is 4.74 Å². The van der Waals surface area contributed by atoms with Gasteiger partial charge in [-0.25, -0.2) is 4.79 Å². The molecule has 0 spiro atoms. The van der Waals surface area contributed by atoms with Crippen molar-refractivity contribution in [3.8, 4) is 0 Å². The number of anilines is 2. The van der Waals surface area contributed by atoms with E-state index < -0.39 is 5.97 Å². The van der Waals surface area contributed by atoms with Gasteiger partial charge in [0.15, 0.2) is 5.69 Å². The fourth-order valence-corrected chi connectivity index (χ4v) is 3.23. The van der Waals surface area contributed by atoms with Crippen molar-refractivity contribution in [3.63, 3.8) is 0 Å². The van der Waals surface area contributed by atoms with Gasteiger partial charge in [-0.15, -0.1) is 0 Å². The molecular formula is C24H20N4O4. The minimum Gasteiger partial charge on any atom is -0.464 e. The van der Waals surface area contributed by atoms with Crippen molar-refractivity contribution >= 4 is 40.1 Å². The Labute approximate surface area is 183 Å². The predicted octanol–water partition coefficient (Wildman–Crippen LogP) is 4.16. The number of aromatic amines is 1. The first-order valence-electron chi connectivity index (χ1n) is 9.81. The van der Waals surface area contributed by atoms with Gasteiger partial charge in [-0.1, -0.05) is 24.3 Å². The number of ether oxygens (including phenoxy) is 1. The molecule has 3 N–H and O–H groups in total. The lowest BCUT2D eigenvalue weighted by atomic mass is 10.1. The number of hydrogen-bond acceptors (Lipinski definition) is 5. The van der Waals surface area contributed by atoms with Crippen LogP contribution in [0.15, 0.2) is 66.7 Å². The zero-order chi connectivity index (χ0) is 22.7. The Morgan fingerprint density at radius 2 is 1.62 bits per heavy atom. The van der Waals surface area contributed by atoms with Crippen molar-refractivity contribution in [1.82, 2.24) is 10.2 Å². The van der Waals surface area contributed by atoms with Crippen LogP contribution in [0.3, 0.4) is 0 Å². The molecule has 3 aromatic carbocycles. The second kappa shape index (κ2) is 8.73. The van der Waals surface area contributed by atoms with E-state index in [0.717, 1.165) is 5.56 Å². The summed E-state index contributed by atoms with van der Waals surface area (Å²) in [6.07, 6.45) is 0. The topological polar surface area (TPSA) is 113 Å². The number of H-pyrrole nitrogens is 1. The summed E-state index contributed by atoms with van der Waals surface area (Å²) >= 11 is 0. The fourth-order valence-electron chi connectivity index (χ4n) is 3.23. The first-order chi connectivity index (χ1) is 15.5. The minimum atomic E-state index is -0.572. The number of esters is 1. The van der Waals surface area contributed by atoms with Crippen LogP contribution in [0.25, 0.3) is 10.9 Å². The maximum absolute atomic E-state index is 12.8. The Morgan fingerprint density at radius 1 is 0.875 bits per heavy atom. The lowest BCUT2D eigenvalue weighted by molar-refractivity contribution is 0.0596. The van der Waals surface area contributed by atoms with Crippen LogP contribution in [-0.2, 0) is 4.74 Å². The van der Waals surface area contributed by atoms with Gasteiger partial charge < -0.3 is 15.4 Å². The van der Waals surface area contributed by atoms with E-state index in [1.165, 1.54) is 7.11 Å². The number of hydrogen-bond donors (Lipinski definition) is 3. The summed E-state index contributed by atoms with van der Waals surface area (Å²) in [5, 5.41) is 12.9.